The van der Waals surface area contributed by atoms with Gasteiger partial charge in [0.15, 0.2) is 0 Å². The molecule has 0 saturated carbocycles. The summed E-state index contributed by atoms with van der Waals surface area (Å²) in [6.45, 7) is 5.80. The number of nitrogens with one attached hydrogen (secondary N) is 1. The Morgan fingerprint density at radius 1 is 1.32 bits per heavy atom. The van der Waals surface area contributed by atoms with Gasteiger partial charge in [0.2, 0.25) is 0 Å². The van der Waals surface area contributed by atoms with E-state index in [9.17, 15) is 4.79 Å². The highest BCUT2D eigenvalue weighted by molar-refractivity contribution is 7.99. The molecule has 19 heavy (non-hydrogen) atoms. The number of hydrogen-bond donors (Lipinski definition) is 1. The molecule has 1 fully saturated rings. The molecular weight excluding hydrogens is 260 g/mol. The van der Waals surface area contributed by atoms with Gasteiger partial charge in [-0.15, -0.1) is 11.8 Å². The number of ether oxygens (including phenoxy) is 1. The van der Waals surface area contributed by atoms with Crippen LogP contribution < -0.4 is 5.32 Å². The fraction of sp³-hybridized carbons (Fsp3) is 0.929. The van der Waals surface area contributed by atoms with E-state index in [0.29, 0.717) is 0 Å². The maximum atomic E-state index is 12.1. The molecule has 1 rings (SSSR count). The number of unbranched alkanes of at least 4 members (excludes halogenated alkanes) is 3. The van der Waals surface area contributed by atoms with E-state index in [1.54, 1.807) is 11.8 Å². The van der Waals surface area contributed by atoms with Crippen molar-refractivity contribution < 1.29 is 9.53 Å². The topological polar surface area (TPSA) is 41.6 Å². The van der Waals surface area contributed by atoms with Crippen LogP contribution in [0.2, 0.25) is 0 Å². The van der Waals surface area contributed by atoms with E-state index in [-0.39, 0.29) is 12.3 Å². The number of thioether (sulfide) groups is 1. The summed E-state index contributed by atoms with van der Waals surface area (Å²) in [6, 6.07) is 0.0322. The lowest BCUT2D eigenvalue weighted by Gasteiger charge is -2.34. The minimum Gasteiger partial charge on any atom is -0.358 e. The van der Waals surface area contributed by atoms with Crippen LogP contribution in [0.3, 0.4) is 0 Å². The van der Waals surface area contributed by atoms with E-state index in [2.05, 4.69) is 19.2 Å². The first-order valence-corrected chi connectivity index (χ1v) is 8.68. The van der Waals surface area contributed by atoms with Crippen LogP contribution in [-0.2, 0) is 4.74 Å². The lowest BCUT2D eigenvalue weighted by Crippen LogP contribution is -2.49. The minimum absolute atomic E-state index is 0.0307. The van der Waals surface area contributed by atoms with Crippen LogP contribution in [0, 0.1) is 0 Å². The van der Waals surface area contributed by atoms with E-state index < -0.39 is 0 Å². The molecule has 1 atom stereocenters. The Bertz CT molecular complexity index is 252. The van der Waals surface area contributed by atoms with Crippen LogP contribution in [0.15, 0.2) is 0 Å². The van der Waals surface area contributed by atoms with E-state index in [1.165, 1.54) is 19.3 Å². The lowest BCUT2D eigenvalue weighted by atomic mass is 10.2. The van der Waals surface area contributed by atoms with Gasteiger partial charge in [0, 0.05) is 19.6 Å². The summed E-state index contributed by atoms with van der Waals surface area (Å²) >= 11 is 1.80. The average molecular weight is 288 g/mol. The highest BCUT2D eigenvalue weighted by Gasteiger charge is 2.27. The highest BCUT2D eigenvalue weighted by Crippen LogP contribution is 2.21. The van der Waals surface area contributed by atoms with Gasteiger partial charge in [0.1, 0.15) is 6.23 Å². The first-order valence-electron chi connectivity index (χ1n) is 7.53. The van der Waals surface area contributed by atoms with Gasteiger partial charge < -0.3 is 10.1 Å². The maximum absolute atomic E-state index is 12.1. The van der Waals surface area contributed by atoms with Crippen molar-refractivity contribution in [2.75, 3.05) is 24.8 Å². The molecule has 1 aliphatic rings. The lowest BCUT2D eigenvalue weighted by molar-refractivity contribution is -0.0339. The van der Waals surface area contributed by atoms with E-state index in [0.717, 1.165) is 44.0 Å². The number of rotatable bonds is 8. The zero-order valence-electron chi connectivity index (χ0n) is 12.3. The highest BCUT2D eigenvalue weighted by atomic mass is 32.2. The third-order valence-electron chi connectivity index (χ3n) is 3.17. The van der Waals surface area contributed by atoms with Crippen molar-refractivity contribution in [2.45, 2.75) is 58.6 Å². The van der Waals surface area contributed by atoms with Gasteiger partial charge in [0.05, 0.1) is 5.88 Å². The minimum atomic E-state index is -0.0307. The van der Waals surface area contributed by atoms with Crippen LogP contribution in [0.1, 0.15) is 52.4 Å². The van der Waals surface area contributed by atoms with Crippen LogP contribution in [0.25, 0.3) is 0 Å². The second-order valence-electron chi connectivity index (χ2n) is 4.91. The van der Waals surface area contributed by atoms with Gasteiger partial charge in [-0.25, -0.2) is 4.79 Å². The van der Waals surface area contributed by atoms with Crippen molar-refractivity contribution in [3.8, 4) is 0 Å². The number of carbonyl (C=O) groups is 1. The predicted octanol–water partition coefficient (Wildman–Crippen LogP) is 3.43. The molecule has 0 bridgehead atoms. The van der Waals surface area contributed by atoms with Gasteiger partial charge in [-0.05, 0) is 18.6 Å². The summed E-state index contributed by atoms with van der Waals surface area (Å²) < 4.78 is 5.76. The second-order valence-corrected chi connectivity index (χ2v) is 5.99. The molecule has 1 unspecified atom stereocenters. The molecule has 0 aromatic rings. The zero-order valence-corrected chi connectivity index (χ0v) is 13.1. The Morgan fingerprint density at radius 2 is 2.16 bits per heavy atom. The maximum Gasteiger partial charge on any atom is 0.320 e. The SMILES string of the molecule is CCCCCCNC(=O)N1CSCCC1OCCC. The number of amides is 2. The second kappa shape index (κ2) is 10.4. The molecule has 5 heteroatoms. The summed E-state index contributed by atoms with van der Waals surface area (Å²) in [5.74, 6) is 1.82. The van der Waals surface area contributed by atoms with Gasteiger partial charge in [-0.2, -0.15) is 0 Å². The largest absolute Gasteiger partial charge is 0.358 e. The van der Waals surface area contributed by atoms with E-state index >= 15 is 0 Å². The van der Waals surface area contributed by atoms with Gasteiger partial charge in [-0.3, -0.25) is 4.90 Å². The third-order valence-corrected chi connectivity index (χ3v) is 4.15. The molecule has 0 aliphatic carbocycles. The molecule has 4 nitrogen and oxygen atoms in total. The first kappa shape index (κ1) is 16.6. The molecule has 0 spiro atoms. The Hall–Kier alpha value is -0.420. The fourth-order valence-electron chi connectivity index (χ4n) is 2.05. The summed E-state index contributed by atoms with van der Waals surface area (Å²) in [7, 11) is 0. The van der Waals surface area contributed by atoms with Gasteiger partial charge in [-0.1, -0.05) is 33.1 Å². The van der Waals surface area contributed by atoms with Crippen LogP contribution in [0.5, 0.6) is 0 Å². The van der Waals surface area contributed by atoms with Crippen molar-refractivity contribution >= 4 is 17.8 Å². The Kier molecular flexibility index (Phi) is 9.08. The molecular formula is C14H28N2O2S. The molecule has 0 radical (unpaired) electrons. The summed E-state index contributed by atoms with van der Waals surface area (Å²) in [5, 5.41) is 3.01. The van der Waals surface area contributed by atoms with E-state index in [1.807, 2.05) is 4.90 Å². The Morgan fingerprint density at radius 3 is 2.89 bits per heavy atom. The fourth-order valence-corrected chi connectivity index (χ4v) is 3.03. The molecule has 1 aliphatic heterocycles. The first-order chi connectivity index (χ1) is 9.29. The molecule has 112 valence electrons. The smallest absolute Gasteiger partial charge is 0.320 e. The van der Waals surface area contributed by atoms with Crippen molar-refractivity contribution in [3.63, 3.8) is 0 Å². The van der Waals surface area contributed by atoms with Crippen molar-refractivity contribution in [2.24, 2.45) is 0 Å². The molecule has 1 heterocycles. The monoisotopic (exact) mass is 288 g/mol. The summed E-state index contributed by atoms with van der Waals surface area (Å²) in [4.78, 5) is 14.0. The van der Waals surface area contributed by atoms with Crippen molar-refractivity contribution in [3.05, 3.63) is 0 Å². The van der Waals surface area contributed by atoms with Crippen molar-refractivity contribution in [1.82, 2.24) is 10.2 Å². The molecule has 2 amide bonds. The van der Waals surface area contributed by atoms with E-state index in [4.69, 9.17) is 4.74 Å². The van der Waals surface area contributed by atoms with Crippen molar-refractivity contribution in [1.29, 1.82) is 0 Å². The van der Waals surface area contributed by atoms with Gasteiger partial charge in [0.25, 0.3) is 0 Å². The number of urea groups is 1. The standard InChI is InChI=1S/C14H28N2O2S/c1-3-5-6-7-9-15-14(17)16-12-19-11-8-13(16)18-10-4-2/h13H,3-12H2,1-2H3,(H,15,17). The number of hydrogen-bond acceptors (Lipinski definition) is 3. The van der Waals surface area contributed by atoms with Crippen LogP contribution >= 0.6 is 11.8 Å². The average Bonchev–Trinajstić information content (AvgIpc) is 2.45. The third kappa shape index (κ3) is 6.52. The molecule has 0 aromatic carbocycles. The summed E-state index contributed by atoms with van der Waals surface area (Å²) in [5.41, 5.74) is 0. The molecule has 1 N–H and O–H groups in total. The Labute approximate surface area is 121 Å². The quantitative estimate of drug-likeness (QED) is 0.696. The zero-order chi connectivity index (χ0) is 13.9. The number of nitrogens with zero attached hydrogens (tertiary/aromatic N) is 1. The molecule has 1 saturated heterocycles. The normalized spacial score (nSPS) is 19.5. The predicted molar refractivity (Wildman–Crippen MR) is 81.4 cm³/mol. The van der Waals surface area contributed by atoms with Crippen LogP contribution in [0.4, 0.5) is 4.79 Å². The van der Waals surface area contributed by atoms with Crippen LogP contribution in [-0.4, -0.2) is 41.9 Å². The summed E-state index contributed by atoms with van der Waals surface area (Å²) in [6.07, 6.45) is 6.64. The Balaban J connectivity index is 2.26. The molecule has 0 aromatic heterocycles. The number of carbonyl (C=O) groups excluding carboxylic acids is 1. The van der Waals surface area contributed by atoms with Gasteiger partial charge >= 0.3 is 6.03 Å².